The zero-order chi connectivity index (χ0) is 10.4. The zero-order valence-electron chi connectivity index (χ0n) is 8.72. The van der Waals surface area contributed by atoms with Crippen LogP contribution >= 0.6 is 22.9 Å². The Bertz CT molecular complexity index is 262. The van der Waals surface area contributed by atoms with Gasteiger partial charge in [-0.25, -0.2) is 4.98 Å². The highest BCUT2D eigenvalue weighted by atomic mass is 35.5. The second-order valence-corrected chi connectivity index (χ2v) is 4.66. The number of hydrogen-bond acceptors (Lipinski definition) is 3. The molecule has 0 aromatic carbocycles. The van der Waals surface area contributed by atoms with Gasteiger partial charge in [0, 0.05) is 17.8 Å². The highest BCUT2D eigenvalue weighted by molar-refractivity contribution is 7.13. The smallest absolute Gasteiger partial charge is 0.182 e. The van der Waals surface area contributed by atoms with Crippen LogP contribution in [-0.4, -0.2) is 17.4 Å². The van der Waals surface area contributed by atoms with Gasteiger partial charge in [-0.2, -0.15) is 0 Å². The summed E-state index contributed by atoms with van der Waals surface area (Å²) < 4.78 is 0. The fourth-order valence-corrected chi connectivity index (χ4v) is 2.28. The maximum Gasteiger partial charge on any atom is 0.182 e. The van der Waals surface area contributed by atoms with E-state index in [1.165, 1.54) is 6.42 Å². The molecule has 0 radical (unpaired) electrons. The van der Waals surface area contributed by atoms with Crippen molar-refractivity contribution in [2.24, 2.45) is 5.92 Å². The standard InChI is InChI=1S/C10H17ClN2S/c1-3-9(4-5-11)6-12-10-13-8(2)7-14-10/h7,9H,3-6H2,1-2H3,(H,12,13). The predicted octanol–water partition coefficient (Wildman–Crippen LogP) is 3.52. The third-order valence-corrected chi connectivity index (χ3v) is 3.39. The maximum atomic E-state index is 5.72. The summed E-state index contributed by atoms with van der Waals surface area (Å²) in [5, 5.41) is 6.43. The lowest BCUT2D eigenvalue weighted by Gasteiger charge is -2.13. The van der Waals surface area contributed by atoms with E-state index in [4.69, 9.17) is 11.6 Å². The molecule has 80 valence electrons. The van der Waals surface area contributed by atoms with E-state index in [2.05, 4.69) is 22.6 Å². The third kappa shape index (κ3) is 3.84. The number of hydrogen-bond donors (Lipinski definition) is 1. The molecule has 1 aromatic heterocycles. The van der Waals surface area contributed by atoms with Gasteiger partial charge in [0.2, 0.25) is 0 Å². The lowest BCUT2D eigenvalue weighted by atomic mass is 10.0. The van der Waals surface area contributed by atoms with E-state index in [0.717, 1.165) is 29.7 Å². The molecule has 1 N–H and O–H groups in total. The molecule has 0 fully saturated rings. The molecule has 2 nitrogen and oxygen atoms in total. The highest BCUT2D eigenvalue weighted by Gasteiger charge is 2.06. The molecular formula is C10H17ClN2S. The van der Waals surface area contributed by atoms with Crippen molar-refractivity contribution in [3.63, 3.8) is 0 Å². The van der Waals surface area contributed by atoms with Crippen molar-refractivity contribution in [3.8, 4) is 0 Å². The summed E-state index contributed by atoms with van der Waals surface area (Å²) in [7, 11) is 0. The van der Waals surface area contributed by atoms with Crippen LogP contribution in [0.5, 0.6) is 0 Å². The molecule has 1 unspecified atom stereocenters. The summed E-state index contributed by atoms with van der Waals surface area (Å²) in [5.41, 5.74) is 1.09. The minimum absolute atomic E-state index is 0.664. The largest absolute Gasteiger partial charge is 0.361 e. The molecule has 1 aromatic rings. The first-order chi connectivity index (χ1) is 6.76. The van der Waals surface area contributed by atoms with Crippen LogP contribution in [0.3, 0.4) is 0 Å². The van der Waals surface area contributed by atoms with E-state index < -0.39 is 0 Å². The maximum absolute atomic E-state index is 5.72. The molecule has 14 heavy (non-hydrogen) atoms. The quantitative estimate of drug-likeness (QED) is 0.760. The van der Waals surface area contributed by atoms with Crippen molar-refractivity contribution in [2.75, 3.05) is 17.7 Å². The molecule has 0 amide bonds. The van der Waals surface area contributed by atoms with Crippen LogP contribution in [0.15, 0.2) is 5.38 Å². The van der Waals surface area contributed by atoms with Gasteiger partial charge >= 0.3 is 0 Å². The number of halogens is 1. The highest BCUT2D eigenvalue weighted by Crippen LogP contribution is 2.16. The Balaban J connectivity index is 2.31. The van der Waals surface area contributed by atoms with Crippen LogP contribution in [0.4, 0.5) is 5.13 Å². The van der Waals surface area contributed by atoms with E-state index in [1.807, 2.05) is 6.92 Å². The molecule has 0 aliphatic rings. The average molecular weight is 233 g/mol. The SMILES string of the molecule is CCC(CCCl)CNc1nc(C)cs1. The van der Waals surface area contributed by atoms with Gasteiger partial charge in [0.15, 0.2) is 5.13 Å². The van der Waals surface area contributed by atoms with Gasteiger partial charge in [0.1, 0.15) is 0 Å². The lowest BCUT2D eigenvalue weighted by Crippen LogP contribution is -2.13. The van der Waals surface area contributed by atoms with Crippen LogP contribution in [0, 0.1) is 12.8 Å². The Labute approximate surface area is 94.7 Å². The number of nitrogens with one attached hydrogen (secondary N) is 1. The van der Waals surface area contributed by atoms with Crippen molar-refractivity contribution in [1.29, 1.82) is 0 Å². The Morgan fingerprint density at radius 1 is 1.64 bits per heavy atom. The first-order valence-electron chi connectivity index (χ1n) is 4.98. The van der Waals surface area contributed by atoms with E-state index in [0.29, 0.717) is 5.92 Å². The Morgan fingerprint density at radius 3 is 2.93 bits per heavy atom. The number of aromatic nitrogens is 1. The Morgan fingerprint density at radius 2 is 2.43 bits per heavy atom. The number of alkyl halides is 1. The van der Waals surface area contributed by atoms with Crippen LogP contribution in [-0.2, 0) is 0 Å². The fraction of sp³-hybridized carbons (Fsp3) is 0.700. The number of nitrogens with zero attached hydrogens (tertiary/aromatic N) is 1. The first-order valence-corrected chi connectivity index (χ1v) is 6.39. The summed E-state index contributed by atoms with van der Waals surface area (Å²) in [6.45, 7) is 5.19. The van der Waals surface area contributed by atoms with Crippen LogP contribution < -0.4 is 5.32 Å². The normalized spacial score (nSPS) is 12.8. The molecular weight excluding hydrogens is 216 g/mol. The monoisotopic (exact) mass is 232 g/mol. The molecule has 1 heterocycles. The van der Waals surface area contributed by atoms with Crippen LogP contribution in [0.2, 0.25) is 0 Å². The van der Waals surface area contributed by atoms with E-state index in [-0.39, 0.29) is 0 Å². The first kappa shape index (κ1) is 11.8. The molecule has 0 saturated heterocycles. The minimum atomic E-state index is 0.664. The van der Waals surface area contributed by atoms with Gasteiger partial charge in [-0.1, -0.05) is 13.3 Å². The average Bonchev–Trinajstić information content (AvgIpc) is 2.59. The van der Waals surface area contributed by atoms with Crippen molar-refractivity contribution < 1.29 is 0 Å². The van der Waals surface area contributed by atoms with Gasteiger partial charge in [0.05, 0.1) is 5.69 Å². The van der Waals surface area contributed by atoms with Gasteiger partial charge in [-0.05, 0) is 19.3 Å². The minimum Gasteiger partial charge on any atom is -0.361 e. The van der Waals surface area contributed by atoms with Crippen molar-refractivity contribution in [2.45, 2.75) is 26.7 Å². The molecule has 0 aliphatic heterocycles. The summed E-state index contributed by atoms with van der Waals surface area (Å²) >= 11 is 7.38. The Hall–Kier alpha value is -0.280. The zero-order valence-corrected chi connectivity index (χ0v) is 10.3. The molecule has 0 saturated carbocycles. The molecule has 0 aliphatic carbocycles. The summed E-state index contributed by atoms with van der Waals surface area (Å²) in [6.07, 6.45) is 2.25. The fourth-order valence-electron chi connectivity index (χ4n) is 1.27. The van der Waals surface area contributed by atoms with E-state index >= 15 is 0 Å². The third-order valence-electron chi connectivity index (χ3n) is 2.26. The molecule has 1 atom stereocenters. The second-order valence-electron chi connectivity index (χ2n) is 3.43. The number of thiazole rings is 1. The van der Waals surface area contributed by atoms with Crippen LogP contribution in [0.25, 0.3) is 0 Å². The van der Waals surface area contributed by atoms with Crippen molar-refractivity contribution in [3.05, 3.63) is 11.1 Å². The Kier molecular flexibility index (Phi) is 5.26. The van der Waals surface area contributed by atoms with Gasteiger partial charge in [-0.3, -0.25) is 0 Å². The molecule has 0 bridgehead atoms. The second kappa shape index (κ2) is 6.25. The summed E-state index contributed by atoms with van der Waals surface area (Å²) in [5.74, 6) is 1.41. The summed E-state index contributed by atoms with van der Waals surface area (Å²) in [4.78, 5) is 4.35. The van der Waals surface area contributed by atoms with Gasteiger partial charge in [-0.15, -0.1) is 22.9 Å². The number of anilines is 1. The van der Waals surface area contributed by atoms with Gasteiger partial charge in [0.25, 0.3) is 0 Å². The number of aryl methyl sites for hydroxylation is 1. The summed E-state index contributed by atoms with van der Waals surface area (Å²) in [6, 6.07) is 0. The lowest BCUT2D eigenvalue weighted by molar-refractivity contribution is 0.522. The molecule has 0 spiro atoms. The van der Waals surface area contributed by atoms with Crippen molar-refractivity contribution in [1.82, 2.24) is 4.98 Å². The molecule has 4 heteroatoms. The molecule has 1 rings (SSSR count). The topological polar surface area (TPSA) is 24.9 Å². The van der Waals surface area contributed by atoms with E-state index in [9.17, 15) is 0 Å². The number of rotatable bonds is 6. The predicted molar refractivity (Wildman–Crippen MR) is 64.5 cm³/mol. The van der Waals surface area contributed by atoms with Gasteiger partial charge < -0.3 is 5.32 Å². The van der Waals surface area contributed by atoms with Crippen molar-refractivity contribution >= 4 is 28.1 Å². The van der Waals surface area contributed by atoms with E-state index in [1.54, 1.807) is 11.3 Å². The van der Waals surface area contributed by atoms with Crippen LogP contribution in [0.1, 0.15) is 25.5 Å².